The maximum absolute atomic E-state index is 12.6. The first-order valence-electron chi connectivity index (χ1n) is 7.91. The molecule has 23 heavy (non-hydrogen) atoms. The summed E-state index contributed by atoms with van der Waals surface area (Å²) >= 11 is 1.54. The van der Waals surface area contributed by atoms with Crippen LogP contribution in [-0.4, -0.2) is 35.3 Å². The van der Waals surface area contributed by atoms with Crippen molar-refractivity contribution >= 4 is 23.2 Å². The number of fused-ring (bicyclic) bond motifs is 2. The summed E-state index contributed by atoms with van der Waals surface area (Å²) in [5, 5.41) is 6.95. The van der Waals surface area contributed by atoms with Crippen molar-refractivity contribution in [1.29, 1.82) is 0 Å². The molecule has 1 aliphatic carbocycles. The van der Waals surface area contributed by atoms with Crippen LogP contribution in [0.5, 0.6) is 0 Å². The van der Waals surface area contributed by atoms with E-state index in [4.69, 9.17) is 0 Å². The molecule has 2 aliphatic rings. The number of hydrogen-bond donors (Lipinski definition) is 1. The van der Waals surface area contributed by atoms with Gasteiger partial charge in [-0.25, -0.2) is 0 Å². The Hall–Kier alpha value is -2.14. The fourth-order valence-electron chi connectivity index (χ4n) is 3.81. The van der Waals surface area contributed by atoms with Gasteiger partial charge in [0.15, 0.2) is 0 Å². The van der Waals surface area contributed by atoms with Gasteiger partial charge in [-0.15, -0.1) is 0 Å². The number of nitrogens with one attached hydrogen (secondary N) is 1. The lowest BCUT2D eigenvalue weighted by Gasteiger charge is -2.33. The highest BCUT2D eigenvalue weighted by atomic mass is 32.1. The van der Waals surface area contributed by atoms with Gasteiger partial charge < -0.3 is 10.2 Å². The van der Waals surface area contributed by atoms with Crippen LogP contribution in [0.2, 0.25) is 0 Å². The molecule has 0 unspecified atom stereocenters. The van der Waals surface area contributed by atoms with Gasteiger partial charge in [-0.05, 0) is 42.3 Å². The lowest BCUT2D eigenvalue weighted by atomic mass is 10.0. The molecule has 1 saturated heterocycles. The Bertz CT molecular complexity index is 714. The summed E-state index contributed by atoms with van der Waals surface area (Å²) in [6, 6.07) is 11.3. The van der Waals surface area contributed by atoms with Crippen molar-refractivity contribution in [3.63, 3.8) is 0 Å². The molecule has 3 atom stereocenters. The molecule has 2 aromatic rings. The van der Waals surface area contributed by atoms with Crippen molar-refractivity contribution in [2.24, 2.45) is 5.92 Å². The second-order valence-corrected chi connectivity index (χ2v) is 7.10. The van der Waals surface area contributed by atoms with Crippen molar-refractivity contribution in [3.05, 3.63) is 58.3 Å². The van der Waals surface area contributed by atoms with E-state index < -0.39 is 0 Å². The van der Waals surface area contributed by atoms with Crippen LogP contribution in [0.15, 0.2) is 47.2 Å². The lowest BCUT2D eigenvalue weighted by molar-refractivity contribution is 0.0649. The number of carbonyl (C=O) groups is 2. The Morgan fingerprint density at radius 3 is 2.61 bits per heavy atom. The summed E-state index contributed by atoms with van der Waals surface area (Å²) in [4.78, 5) is 26.9. The Balaban J connectivity index is 1.47. The molecule has 1 saturated carbocycles. The summed E-state index contributed by atoms with van der Waals surface area (Å²) in [6.45, 7) is 0.817. The molecule has 0 radical (unpaired) electrons. The second kappa shape index (κ2) is 5.81. The number of thiophene rings is 1. The SMILES string of the molecule is O=C(N[C@H]1C[C@@H]2C[C@H]1N(C(=O)c1ccsc1)C2)c1ccccc1. The Morgan fingerprint density at radius 2 is 1.91 bits per heavy atom. The van der Waals surface area contributed by atoms with Crippen LogP contribution in [0.1, 0.15) is 33.6 Å². The van der Waals surface area contributed by atoms with Gasteiger partial charge in [0, 0.05) is 23.5 Å². The minimum Gasteiger partial charge on any atom is -0.347 e. The van der Waals surface area contributed by atoms with Crippen molar-refractivity contribution in [2.75, 3.05) is 6.54 Å². The zero-order valence-corrected chi connectivity index (χ0v) is 13.5. The molecular formula is C18H18N2O2S. The molecule has 1 aromatic heterocycles. The fraction of sp³-hybridized carbons (Fsp3) is 0.333. The largest absolute Gasteiger partial charge is 0.347 e. The third-order valence-corrected chi connectivity index (χ3v) is 5.55. The van der Waals surface area contributed by atoms with E-state index in [1.807, 2.05) is 52.1 Å². The summed E-state index contributed by atoms with van der Waals surface area (Å²) in [5.74, 6) is 0.548. The number of carbonyl (C=O) groups excluding carboxylic acids is 2. The highest BCUT2D eigenvalue weighted by Gasteiger charge is 2.47. The van der Waals surface area contributed by atoms with Crippen LogP contribution < -0.4 is 5.32 Å². The molecule has 2 amide bonds. The number of hydrogen-bond acceptors (Lipinski definition) is 3. The number of likely N-dealkylation sites (tertiary alicyclic amines) is 1. The van der Waals surface area contributed by atoms with Crippen LogP contribution in [-0.2, 0) is 0 Å². The summed E-state index contributed by atoms with van der Waals surface area (Å²) < 4.78 is 0. The number of amides is 2. The van der Waals surface area contributed by atoms with Crippen LogP contribution >= 0.6 is 11.3 Å². The van der Waals surface area contributed by atoms with E-state index >= 15 is 0 Å². The lowest BCUT2D eigenvalue weighted by Crippen LogP contribution is -2.51. The smallest absolute Gasteiger partial charge is 0.255 e. The Kier molecular flexibility index (Phi) is 3.65. The molecular weight excluding hydrogens is 308 g/mol. The van der Waals surface area contributed by atoms with E-state index in [1.54, 1.807) is 0 Å². The number of benzene rings is 1. The molecule has 2 heterocycles. The number of rotatable bonds is 3. The van der Waals surface area contributed by atoms with Crippen LogP contribution in [0, 0.1) is 5.92 Å². The predicted molar refractivity (Wildman–Crippen MR) is 89.6 cm³/mol. The van der Waals surface area contributed by atoms with E-state index in [9.17, 15) is 9.59 Å². The minimum atomic E-state index is -0.0499. The minimum absolute atomic E-state index is 0.0499. The molecule has 1 N–H and O–H groups in total. The molecule has 118 valence electrons. The van der Waals surface area contributed by atoms with Gasteiger partial charge in [0.1, 0.15) is 0 Å². The third-order valence-electron chi connectivity index (χ3n) is 4.86. The van der Waals surface area contributed by atoms with Crippen molar-refractivity contribution in [2.45, 2.75) is 24.9 Å². The maximum atomic E-state index is 12.6. The molecule has 2 fully saturated rings. The average Bonchev–Trinajstić information content (AvgIpc) is 3.31. The van der Waals surface area contributed by atoms with Crippen molar-refractivity contribution in [3.8, 4) is 0 Å². The standard InChI is InChI=1S/C18H18N2O2S/c21-17(13-4-2-1-3-5-13)19-15-8-12-9-16(15)20(10-12)18(22)14-6-7-23-11-14/h1-7,11-12,15-16H,8-10H2,(H,19,21)/t12-,15+,16-/m1/s1. The van der Waals surface area contributed by atoms with Gasteiger partial charge in [-0.2, -0.15) is 11.3 Å². The van der Waals surface area contributed by atoms with Crippen LogP contribution in [0.25, 0.3) is 0 Å². The monoisotopic (exact) mass is 326 g/mol. The molecule has 1 aliphatic heterocycles. The highest BCUT2D eigenvalue weighted by Crippen LogP contribution is 2.38. The summed E-state index contributed by atoms with van der Waals surface area (Å²) in [6.07, 6.45) is 1.96. The molecule has 1 aromatic carbocycles. The second-order valence-electron chi connectivity index (χ2n) is 6.32. The first-order chi connectivity index (χ1) is 11.2. The molecule has 5 heteroatoms. The zero-order valence-electron chi connectivity index (χ0n) is 12.6. The van der Waals surface area contributed by atoms with Crippen LogP contribution in [0.4, 0.5) is 0 Å². The first kappa shape index (κ1) is 14.5. The van der Waals surface area contributed by atoms with Crippen LogP contribution in [0.3, 0.4) is 0 Å². The molecule has 4 rings (SSSR count). The van der Waals surface area contributed by atoms with E-state index in [1.165, 1.54) is 11.3 Å². The Labute approximate surface area is 139 Å². The predicted octanol–water partition coefficient (Wildman–Crippen LogP) is 2.78. The number of piperidine rings is 1. The average molecular weight is 326 g/mol. The quantitative estimate of drug-likeness (QED) is 0.943. The van der Waals surface area contributed by atoms with E-state index in [0.29, 0.717) is 11.5 Å². The molecule has 2 bridgehead atoms. The topological polar surface area (TPSA) is 49.4 Å². The Morgan fingerprint density at radius 1 is 1.09 bits per heavy atom. The van der Waals surface area contributed by atoms with Gasteiger partial charge >= 0.3 is 0 Å². The first-order valence-corrected chi connectivity index (χ1v) is 8.86. The van der Waals surface area contributed by atoms with Gasteiger partial charge in [0.2, 0.25) is 0 Å². The van der Waals surface area contributed by atoms with Gasteiger partial charge in [0.05, 0.1) is 11.6 Å². The van der Waals surface area contributed by atoms with Gasteiger partial charge in [-0.3, -0.25) is 9.59 Å². The van der Waals surface area contributed by atoms with E-state index in [0.717, 1.165) is 24.9 Å². The van der Waals surface area contributed by atoms with Crippen molar-refractivity contribution in [1.82, 2.24) is 10.2 Å². The maximum Gasteiger partial charge on any atom is 0.255 e. The fourth-order valence-corrected chi connectivity index (χ4v) is 4.44. The van der Waals surface area contributed by atoms with Gasteiger partial charge in [0.25, 0.3) is 11.8 Å². The van der Waals surface area contributed by atoms with E-state index in [-0.39, 0.29) is 23.9 Å². The van der Waals surface area contributed by atoms with Gasteiger partial charge in [-0.1, -0.05) is 18.2 Å². The van der Waals surface area contributed by atoms with Crippen molar-refractivity contribution < 1.29 is 9.59 Å². The third kappa shape index (κ3) is 2.65. The summed E-state index contributed by atoms with van der Waals surface area (Å²) in [5.41, 5.74) is 1.43. The molecule has 0 spiro atoms. The number of nitrogens with zero attached hydrogens (tertiary/aromatic N) is 1. The molecule has 4 nitrogen and oxygen atoms in total. The normalized spacial score (nSPS) is 25.6. The summed E-state index contributed by atoms with van der Waals surface area (Å²) in [7, 11) is 0. The highest BCUT2D eigenvalue weighted by molar-refractivity contribution is 7.08. The zero-order chi connectivity index (χ0) is 15.8. The van der Waals surface area contributed by atoms with E-state index in [2.05, 4.69) is 5.32 Å².